The summed E-state index contributed by atoms with van der Waals surface area (Å²) in [6.07, 6.45) is 4.46. The van der Waals surface area contributed by atoms with E-state index >= 15 is 0 Å². The van der Waals surface area contributed by atoms with Crippen molar-refractivity contribution < 1.29 is 9.20 Å². The first-order chi connectivity index (χ1) is 10.3. The minimum absolute atomic E-state index is 0.114. The van der Waals surface area contributed by atoms with Crippen molar-refractivity contribution in [3.63, 3.8) is 0 Å². The van der Waals surface area contributed by atoms with Crippen LogP contribution in [0.4, 0.5) is 5.88 Å². The van der Waals surface area contributed by atoms with Gasteiger partial charge in [-0.3, -0.25) is 4.52 Å². The standard InChI is InChI=1S/C14H17ClN4O2/c1-2-3-4-5-10-19-13(14(16-17-20)21-18-19)11-6-8-12(15)9-7-11/h6-9H,2-5,10H2,1H3. The van der Waals surface area contributed by atoms with Crippen LogP contribution in [0.15, 0.2) is 39.2 Å². The van der Waals surface area contributed by atoms with E-state index < -0.39 is 0 Å². The molecule has 0 spiro atoms. The number of hydrogen-bond acceptors (Lipinski definition) is 5. The fraction of sp³-hybridized carbons (Fsp3) is 0.429. The van der Waals surface area contributed by atoms with Crippen LogP contribution < -0.4 is 4.68 Å². The van der Waals surface area contributed by atoms with Gasteiger partial charge in [-0.2, -0.15) is 0 Å². The van der Waals surface area contributed by atoms with Crippen molar-refractivity contribution in [1.29, 1.82) is 0 Å². The lowest BCUT2D eigenvalue weighted by Gasteiger charge is -1.97. The summed E-state index contributed by atoms with van der Waals surface area (Å²) in [5, 5.41) is 21.0. The van der Waals surface area contributed by atoms with Crippen molar-refractivity contribution in [1.82, 2.24) is 5.27 Å². The summed E-state index contributed by atoms with van der Waals surface area (Å²) in [4.78, 5) is 0. The Balaban J connectivity index is 2.26. The monoisotopic (exact) mass is 308 g/mol. The fourth-order valence-electron chi connectivity index (χ4n) is 2.11. The Morgan fingerprint density at radius 2 is 2.00 bits per heavy atom. The Morgan fingerprint density at radius 1 is 1.24 bits per heavy atom. The predicted molar refractivity (Wildman–Crippen MR) is 79.2 cm³/mol. The van der Waals surface area contributed by atoms with E-state index in [1.54, 1.807) is 16.8 Å². The van der Waals surface area contributed by atoms with Crippen LogP contribution >= 0.6 is 11.6 Å². The molecule has 0 aliphatic heterocycles. The third-order valence-corrected chi connectivity index (χ3v) is 3.41. The van der Waals surface area contributed by atoms with Crippen LogP contribution in [0, 0.1) is 5.21 Å². The van der Waals surface area contributed by atoms with Gasteiger partial charge in [0.25, 0.3) is 0 Å². The molecule has 0 aliphatic rings. The molecule has 0 bridgehead atoms. The van der Waals surface area contributed by atoms with E-state index in [1.165, 1.54) is 12.8 Å². The highest BCUT2D eigenvalue weighted by molar-refractivity contribution is 6.30. The van der Waals surface area contributed by atoms with E-state index in [-0.39, 0.29) is 5.88 Å². The van der Waals surface area contributed by atoms with Gasteiger partial charge in [0.2, 0.25) is 5.27 Å². The number of unbranched alkanes of at least 4 members (excludes halogenated alkanes) is 3. The summed E-state index contributed by atoms with van der Waals surface area (Å²) >= 11 is 5.89. The van der Waals surface area contributed by atoms with Gasteiger partial charge in [0.15, 0.2) is 6.54 Å². The van der Waals surface area contributed by atoms with Gasteiger partial charge in [-0.15, -0.1) is 5.11 Å². The second kappa shape index (κ2) is 7.73. The van der Waals surface area contributed by atoms with Crippen molar-refractivity contribution in [2.45, 2.75) is 39.2 Å². The third kappa shape index (κ3) is 4.01. The second-order valence-corrected chi connectivity index (χ2v) is 5.14. The molecule has 7 heteroatoms. The van der Waals surface area contributed by atoms with Crippen LogP contribution in [0.1, 0.15) is 32.6 Å². The van der Waals surface area contributed by atoms with Crippen molar-refractivity contribution in [3.8, 4) is 11.3 Å². The summed E-state index contributed by atoms with van der Waals surface area (Å²) in [7, 11) is 0. The van der Waals surface area contributed by atoms with E-state index in [2.05, 4.69) is 22.6 Å². The lowest BCUT2D eigenvalue weighted by Crippen LogP contribution is -2.37. The number of nitrogens with zero attached hydrogens (tertiary/aromatic N) is 4. The molecular weight excluding hydrogens is 292 g/mol. The maximum atomic E-state index is 10.4. The zero-order valence-corrected chi connectivity index (χ0v) is 12.6. The van der Waals surface area contributed by atoms with Gasteiger partial charge < -0.3 is 5.21 Å². The lowest BCUT2D eigenvalue weighted by atomic mass is 10.1. The van der Waals surface area contributed by atoms with E-state index in [1.807, 2.05) is 12.1 Å². The molecule has 0 saturated heterocycles. The summed E-state index contributed by atoms with van der Waals surface area (Å²) < 4.78 is 6.81. The maximum absolute atomic E-state index is 10.4. The third-order valence-electron chi connectivity index (χ3n) is 3.16. The quantitative estimate of drug-likeness (QED) is 0.328. The van der Waals surface area contributed by atoms with E-state index in [0.717, 1.165) is 18.4 Å². The van der Waals surface area contributed by atoms with Gasteiger partial charge in [-0.25, -0.2) is 5.28 Å². The molecule has 1 aromatic heterocycles. The molecule has 0 atom stereocenters. The summed E-state index contributed by atoms with van der Waals surface area (Å²) in [5.41, 5.74) is 1.47. The lowest BCUT2D eigenvalue weighted by molar-refractivity contribution is -0.753. The molecule has 21 heavy (non-hydrogen) atoms. The molecule has 1 heterocycles. The van der Waals surface area contributed by atoms with Crippen LogP contribution in [0.3, 0.4) is 0 Å². The normalized spacial score (nSPS) is 11.3. The van der Waals surface area contributed by atoms with Crippen molar-refractivity contribution in [2.75, 3.05) is 0 Å². The van der Waals surface area contributed by atoms with E-state index in [0.29, 0.717) is 17.3 Å². The number of rotatable bonds is 7. The molecule has 0 aliphatic carbocycles. The Kier molecular flexibility index (Phi) is 5.68. The van der Waals surface area contributed by atoms with Gasteiger partial charge in [-0.1, -0.05) is 31.4 Å². The maximum Gasteiger partial charge on any atom is 0.347 e. The fourth-order valence-corrected chi connectivity index (χ4v) is 2.23. The molecule has 2 rings (SSSR count). The molecule has 0 N–H and O–H groups in total. The Bertz CT molecular complexity index is 596. The smallest absolute Gasteiger partial charge is 0.347 e. The predicted octanol–water partition coefficient (Wildman–Crippen LogP) is 4.44. The average molecular weight is 309 g/mol. The van der Waals surface area contributed by atoms with Crippen molar-refractivity contribution in [3.05, 3.63) is 34.5 Å². The molecule has 2 aromatic rings. The van der Waals surface area contributed by atoms with Crippen LogP contribution in [0.25, 0.3) is 11.3 Å². The molecule has 6 nitrogen and oxygen atoms in total. The summed E-state index contributed by atoms with van der Waals surface area (Å²) in [5.74, 6) is 0.114. The molecule has 0 amide bonds. The zero-order chi connectivity index (χ0) is 15.1. The van der Waals surface area contributed by atoms with Crippen LogP contribution in [0.2, 0.25) is 5.02 Å². The molecular formula is C14H17ClN4O2. The van der Waals surface area contributed by atoms with Crippen LogP contribution in [-0.2, 0) is 6.54 Å². The molecule has 0 unspecified atom stereocenters. The molecule has 0 fully saturated rings. The minimum atomic E-state index is 0.114. The number of halogens is 1. The molecule has 0 saturated carbocycles. The van der Waals surface area contributed by atoms with Crippen LogP contribution in [-0.4, -0.2) is 5.27 Å². The number of hydrogen-bond donors (Lipinski definition) is 0. The zero-order valence-electron chi connectivity index (χ0n) is 11.8. The first-order valence-corrected chi connectivity index (χ1v) is 7.33. The van der Waals surface area contributed by atoms with Gasteiger partial charge in [-0.05, 0) is 35.4 Å². The number of aryl methyl sites for hydroxylation is 1. The SMILES string of the molecule is CCCCCC[n+]1noc(/N=N/[O-])c1-c1ccc(Cl)cc1. The highest BCUT2D eigenvalue weighted by Gasteiger charge is 2.26. The van der Waals surface area contributed by atoms with Gasteiger partial charge >= 0.3 is 11.6 Å². The first kappa shape index (κ1) is 15.4. The van der Waals surface area contributed by atoms with Crippen molar-refractivity contribution in [2.24, 2.45) is 10.4 Å². The highest BCUT2D eigenvalue weighted by Crippen LogP contribution is 2.28. The van der Waals surface area contributed by atoms with Crippen molar-refractivity contribution >= 4 is 17.5 Å². The average Bonchev–Trinajstić information content (AvgIpc) is 2.88. The summed E-state index contributed by atoms with van der Waals surface area (Å²) in [6, 6.07) is 7.20. The van der Waals surface area contributed by atoms with E-state index in [4.69, 9.17) is 16.1 Å². The van der Waals surface area contributed by atoms with Gasteiger partial charge in [0.05, 0.1) is 5.56 Å². The highest BCUT2D eigenvalue weighted by atomic mass is 35.5. The molecule has 112 valence electrons. The molecule has 0 radical (unpaired) electrons. The first-order valence-electron chi connectivity index (χ1n) is 6.95. The minimum Gasteiger partial charge on any atom is -0.775 e. The number of benzene rings is 1. The molecule has 1 aromatic carbocycles. The second-order valence-electron chi connectivity index (χ2n) is 4.70. The summed E-state index contributed by atoms with van der Waals surface area (Å²) in [6.45, 7) is 2.87. The Hall–Kier alpha value is -1.95. The van der Waals surface area contributed by atoms with Gasteiger partial charge in [0, 0.05) is 11.4 Å². The van der Waals surface area contributed by atoms with Gasteiger partial charge in [0.1, 0.15) is 0 Å². The van der Waals surface area contributed by atoms with E-state index in [9.17, 15) is 5.21 Å². The van der Waals surface area contributed by atoms with Crippen LogP contribution in [0.5, 0.6) is 0 Å². The topological polar surface area (TPSA) is 77.7 Å². The number of aromatic nitrogens is 2. The Morgan fingerprint density at radius 3 is 2.67 bits per heavy atom. The Labute approximate surface area is 128 Å². The largest absolute Gasteiger partial charge is 0.775 e.